The van der Waals surface area contributed by atoms with Gasteiger partial charge in [0.2, 0.25) is 5.91 Å². The van der Waals surface area contributed by atoms with Gasteiger partial charge in [0.25, 0.3) is 0 Å². The van der Waals surface area contributed by atoms with Gasteiger partial charge in [-0.15, -0.1) is 0 Å². The summed E-state index contributed by atoms with van der Waals surface area (Å²) in [7, 11) is 0. The van der Waals surface area contributed by atoms with Crippen molar-refractivity contribution >= 4 is 28.9 Å². The molecule has 0 aromatic heterocycles. The summed E-state index contributed by atoms with van der Waals surface area (Å²) < 4.78 is 0. The van der Waals surface area contributed by atoms with E-state index < -0.39 is 0 Å². The van der Waals surface area contributed by atoms with Gasteiger partial charge in [-0.25, -0.2) is 0 Å². The number of amides is 1. The first-order chi connectivity index (χ1) is 14.2. The van der Waals surface area contributed by atoms with Gasteiger partial charge >= 0.3 is 0 Å². The van der Waals surface area contributed by atoms with E-state index >= 15 is 0 Å². The predicted molar refractivity (Wildman–Crippen MR) is 120 cm³/mol. The molecule has 1 N–H and O–H groups in total. The molecule has 5 nitrogen and oxygen atoms in total. The van der Waals surface area contributed by atoms with Gasteiger partial charge in [0.1, 0.15) is 0 Å². The molecule has 0 unspecified atom stereocenters. The highest BCUT2D eigenvalue weighted by Gasteiger charge is 2.20. The van der Waals surface area contributed by atoms with E-state index in [0.717, 1.165) is 49.1 Å². The summed E-state index contributed by atoms with van der Waals surface area (Å²) >= 11 is 6.30. The molecule has 0 spiro atoms. The molecule has 0 radical (unpaired) electrons. The van der Waals surface area contributed by atoms with Crippen LogP contribution in [0.3, 0.4) is 0 Å². The maximum atomic E-state index is 12.5. The maximum Gasteiger partial charge on any atom is 0.238 e. The highest BCUT2D eigenvalue weighted by atomic mass is 35.5. The van der Waals surface area contributed by atoms with E-state index in [1.165, 1.54) is 31.5 Å². The number of hydrogen-bond acceptors (Lipinski definition) is 4. The number of hydrogen-bond donors (Lipinski definition) is 1. The summed E-state index contributed by atoms with van der Waals surface area (Å²) in [6, 6.07) is 16.2. The van der Waals surface area contributed by atoms with E-state index in [4.69, 9.17) is 11.6 Å². The van der Waals surface area contributed by atoms with Crippen LogP contribution in [0, 0.1) is 0 Å². The minimum atomic E-state index is 0.0449. The van der Waals surface area contributed by atoms with Crippen molar-refractivity contribution in [3.05, 3.63) is 59.1 Å². The monoisotopic (exact) mass is 412 g/mol. The lowest BCUT2D eigenvalue weighted by molar-refractivity contribution is -0.117. The molecule has 0 aliphatic carbocycles. The second-order valence-electron chi connectivity index (χ2n) is 7.94. The standard InChI is InChI=1S/C23H29ClN4O/c24-21-5-1-2-6-22(21)28-15-13-27(14-16-28)18-23(29)25-20-9-7-19(8-10-20)17-26-11-3-4-12-26/h1-2,5-10H,3-4,11-18H2,(H,25,29). The van der Waals surface area contributed by atoms with Crippen LogP contribution in [0.4, 0.5) is 11.4 Å². The number of piperazine rings is 1. The maximum absolute atomic E-state index is 12.5. The first-order valence-electron chi connectivity index (χ1n) is 10.5. The third-order valence-electron chi connectivity index (χ3n) is 5.78. The fourth-order valence-electron chi connectivity index (χ4n) is 4.15. The van der Waals surface area contributed by atoms with Gasteiger partial charge in [-0.05, 0) is 55.8 Å². The first-order valence-corrected chi connectivity index (χ1v) is 10.9. The smallest absolute Gasteiger partial charge is 0.238 e. The van der Waals surface area contributed by atoms with Gasteiger partial charge in [-0.2, -0.15) is 0 Å². The van der Waals surface area contributed by atoms with Gasteiger partial charge < -0.3 is 10.2 Å². The SMILES string of the molecule is O=C(CN1CCN(c2ccccc2Cl)CC1)Nc1ccc(CN2CCCC2)cc1. The summed E-state index contributed by atoms with van der Waals surface area (Å²) in [6.45, 7) is 7.28. The predicted octanol–water partition coefficient (Wildman–Crippen LogP) is 3.70. The Balaban J connectivity index is 1.22. The molecule has 1 amide bonds. The van der Waals surface area contributed by atoms with Crippen molar-refractivity contribution in [2.45, 2.75) is 19.4 Å². The molecular formula is C23H29ClN4O. The van der Waals surface area contributed by atoms with Crippen LogP contribution < -0.4 is 10.2 Å². The third-order valence-corrected chi connectivity index (χ3v) is 6.09. The largest absolute Gasteiger partial charge is 0.368 e. The number of rotatable bonds is 6. The number of likely N-dealkylation sites (tertiary alicyclic amines) is 1. The van der Waals surface area contributed by atoms with Crippen LogP contribution >= 0.6 is 11.6 Å². The van der Waals surface area contributed by atoms with Gasteiger partial charge in [0.05, 0.1) is 17.3 Å². The van der Waals surface area contributed by atoms with Crippen LogP contribution in [-0.4, -0.2) is 61.5 Å². The van der Waals surface area contributed by atoms with Crippen LogP contribution in [-0.2, 0) is 11.3 Å². The van der Waals surface area contributed by atoms with Gasteiger partial charge in [0.15, 0.2) is 0 Å². The van der Waals surface area contributed by atoms with Crippen molar-refractivity contribution in [2.24, 2.45) is 0 Å². The number of nitrogens with one attached hydrogen (secondary N) is 1. The van der Waals surface area contributed by atoms with Crippen LogP contribution in [0.5, 0.6) is 0 Å². The average Bonchev–Trinajstić information content (AvgIpc) is 3.24. The molecule has 2 aliphatic rings. The first kappa shape index (κ1) is 20.2. The zero-order valence-corrected chi connectivity index (χ0v) is 17.6. The molecule has 6 heteroatoms. The zero-order chi connectivity index (χ0) is 20.1. The second kappa shape index (κ2) is 9.61. The number of benzene rings is 2. The van der Waals surface area contributed by atoms with Gasteiger partial charge in [-0.3, -0.25) is 14.6 Å². The summed E-state index contributed by atoms with van der Waals surface area (Å²) in [5.41, 5.74) is 3.25. The molecule has 2 aliphatic heterocycles. The van der Waals surface area contributed by atoms with Crippen LogP contribution in [0.15, 0.2) is 48.5 Å². The van der Waals surface area contributed by atoms with E-state index in [-0.39, 0.29) is 5.91 Å². The lowest BCUT2D eigenvalue weighted by Crippen LogP contribution is -2.48. The molecule has 29 heavy (non-hydrogen) atoms. The fourth-order valence-corrected chi connectivity index (χ4v) is 4.41. The van der Waals surface area contributed by atoms with Crippen LogP contribution in [0.1, 0.15) is 18.4 Å². The van der Waals surface area contributed by atoms with Crippen molar-refractivity contribution in [1.29, 1.82) is 0 Å². The molecule has 154 valence electrons. The van der Waals surface area contributed by atoms with Gasteiger partial charge in [0, 0.05) is 38.4 Å². The second-order valence-corrected chi connectivity index (χ2v) is 8.35. The molecule has 0 atom stereocenters. The molecule has 0 saturated carbocycles. The Morgan fingerprint density at radius 2 is 1.55 bits per heavy atom. The van der Waals surface area contributed by atoms with Crippen molar-refractivity contribution in [3.63, 3.8) is 0 Å². The summed E-state index contributed by atoms with van der Waals surface area (Å²) in [5.74, 6) is 0.0449. The van der Waals surface area contributed by atoms with E-state index in [1.54, 1.807) is 0 Å². The van der Waals surface area contributed by atoms with E-state index in [0.29, 0.717) is 6.54 Å². The highest BCUT2D eigenvalue weighted by molar-refractivity contribution is 6.33. The molecule has 2 fully saturated rings. The fraction of sp³-hybridized carbons (Fsp3) is 0.435. The Kier molecular flexibility index (Phi) is 6.70. The summed E-state index contributed by atoms with van der Waals surface area (Å²) in [4.78, 5) is 19.4. The minimum absolute atomic E-state index is 0.0449. The lowest BCUT2D eigenvalue weighted by Gasteiger charge is -2.36. The number of para-hydroxylation sites is 1. The molecule has 2 aromatic carbocycles. The summed E-state index contributed by atoms with van der Waals surface area (Å²) in [5, 5.41) is 3.82. The molecule has 0 bridgehead atoms. The van der Waals surface area contributed by atoms with Crippen molar-refractivity contribution < 1.29 is 4.79 Å². The molecule has 2 saturated heterocycles. The zero-order valence-electron chi connectivity index (χ0n) is 16.8. The molecule has 4 rings (SSSR count). The Labute approximate surface area is 178 Å². The number of carbonyl (C=O) groups is 1. The van der Waals surface area contributed by atoms with Crippen molar-refractivity contribution in [1.82, 2.24) is 9.80 Å². The van der Waals surface area contributed by atoms with Gasteiger partial charge in [-0.1, -0.05) is 35.9 Å². The number of anilines is 2. The number of halogens is 1. The molecule has 2 aromatic rings. The average molecular weight is 413 g/mol. The molecular weight excluding hydrogens is 384 g/mol. The Morgan fingerprint density at radius 1 is 0.862 bits per heavy atom. The van der Waals surface area contributed by atoms with Crippen molar-refractivity contribution in [2.75, 3.05) is 56.0 Å². The quantitative estimate of drug-likeness (QED) is 0.785. The van der Waals surface area contributed by atoms with Crippen molar-refractivity contribution in [3.8, 4) is 0 Å². The lowest BCUT2D eigenvalue weighted by atomic mass is 10.2. The Morgan fingerprint density at radius 3 is 2.24 bits per heavy atom. The third kappa shape index (κ3) is 5.50. The van der Waals surface area contributed by atoms with E-state index in [2.05, 4.69) is 38.2 Å². The van der Waals surface area contributed by atoms with Crippen LogP contribution in [0.2, 0.25) is 5.02 Å². The van der Waals surface area contributed by atoms with E-state index in [1.807, 2.05) is 30.3 Å². The summed E-state index contributed by atoms with van der Waals surface area (Å²) in [6.07, 6.45) is 2.61. The molecule has 2 heterocycles. The normalized spacial score (nSPS) is 18.2. The van der Waals surface area contributed by atoms with Crippen LogP contribution in [0.25, 0.3) is 0 Å². The Hall–Kier alpha value is -2.08. The van der Waals surface area contributed by atoms with E-state index in [9.17, 15) is 4.79 Å². The highest BCUT2D eigenvalue weighted by Crippen LogP contribution is 2.26. The number of carbonyl (C=O) groups excluding carboxylic acids is 1. The number of nitrogens with zero attached hydrogens (tertiary/aromatic N) is 3. The topological polar surface area (TPSA) is 38.8 Å². The Bertz CT molecular complexity index is 812. The minimum Gasteiger partial charge on any atom is -0.368 e.